The number of anilines is 2. The van der Waals surface area contributed by atoms with Crippen molar-refractivity contribution in [1.29, 1.82) is 0 Å². The zero-order valence-corrected chi connectivity index (χ0v) is 17.8. The number of nitrogens with one attached hydrogen (secondary N) is 3. The number of halogens is 6. The smallest absolute Gasteiger partial charge is 0.358 e. The number of hydrogen-bond acceptors (Lipinski definition) is 5. The summed E-state index contributed by atoms with van der Waals surface area (Å²) < 4.78 is 81.3. The van der Waals surface area contributed by atoms with Gasteiger partial charge in [-0.05, 0) is 59.6 Å². The molecule has 0 unspecified atom stereocenters. The Labute approximate surface area is 192 Å². The molecule has 3 N–H and O–H groups in total. The van der Waals surface area contributed by atoms with Gasteiger partial charge in [0.2, 0.25) is 0 Å². The highest BCUT2D eigenvalue weighted by Crippen LogP contribution is 2.37. The zero-order valence-electron chi connectivity index (χ0n) is 16.2. The number of carbonyl (C=O) groups is 1. The SMILES string of the molecule is O=C(Nc1ccc(CNC(=S)Nc2cc(C(F)(F)F)cc(C(F)(F)F)c2)cc1)c1csnn1. The second-order valence-electron chi connectivity index (χ2n) is 6.54. The maximum Gasteiger partial charge on any atom is 0.416 e. The summed E-state index contributed by atoms with van der Waals surface area (Å²) in [6, 6.07) is 7.62. The first-order valence-electron chi connectivity index (χ1n) is 8.93. The van der Waals surface area contributed by atoms with Gasteiger partial charge in [-0.25, -0.2) is 0 Å². The lowest BCUT2D eigenvalue weighted by atomic mass is 10.1. The molecule has 1 heterocycles. The van der Waals surface area contributed by atoms with Crippen LogP contribution in [0.25, 0.3) is 0 Å². The van der Waals surface area contributed by atoms with Gasteiger partial charge in [0, 0.05) is 23.3 Å². The van der Waals surface area contributed by atoms with E-state index in [0.717, 1.165) is 11.5 Å². The lowest BCUT2D eigenvalue weighted by Crippen LogP contribution is -2.28. The van der Waals surface area contributed by atoms with Crippen molar-refractivity contribution in [1.82, 2.24) is 14.9 Å². The Hall–Kier alpha value is -3.26. The molecule has 174 valence electrons. The number of rotatable bonds is 5. The van der Waals surface area contributed by atoms with Crippen molar-refractivity contribution < 1.29 is 31.1 Å². The fraction of sp³-hybridized carbons (Fsp3) is 0.158. The van der Waals surface area contributed by atoms with Gasteiger partial charge in [-0.2, -0.15) is 26.3 Å². The average molecular weight is 505 g/mol. The standard InChI is InChI=1S/C19H13F6N5OS2/c20-18(21,22)11-5-12(19(23,24)25)7-14(6-11)28-17(32)26-8-10-1-3-13(4-2-10)27-16(31)15-9-33-30-29-15/h1-7,9H,8H2,(H,27,31)(H2,26,28,32). The van der Waals surface area contributed by atoms with E-state index >= 15 is 0 Å². The number of benzene rings is 2. The molecule has 1 aromatic heterocycles. The second-order valence-corrected chi connectivity index (χ2v) is 7.56. The van der Waals surface area contributed by atoms with E-state index in [9.17, 15) is 31.1 Å². The normalized spacial score (nSPS) is 11.7. The first-order chi connectivity index (χ1) is 15.4. The molecule has 6 nitrogen and oxygen atoms in total. The summed E-state index contributed by atoms with van der Waals surface area (Å²) in [5, 5.41) is 12.6. The van der Waals surface area contributed by atoms with E-state index < -0.39 is 35.1 Å². The molecule has 0 fully saturated rings. The lowest BCUT2D eigenvalue weighted by molar-refractivity contribution is -0.143. The number of carbonyl (C=O) groups excluding carboxylic acids is 1. The van der Waals surface area contributed by atoms with Crippen molar-refractivity contribution in [2.75, 3.05) is 10.6 Å². The van der Waals surface area contributed by atoms with Gasteiger partial charge in [-0.3, -0.25) is 4.79 Å². The Morgan fingerprint density at radius 3 is 2.03 bits per heavy atom. The first kappa shape index (κ1) is 24.4. The van der Waals surface area contributed by atoms with Gasteiger partial charge in [0.25, 0.3) is 5.91 Å². The molecular weight excluding hydrogens is 492 g/mol. The minimum atomic E-state index is -4.96. The van der Waals surface area contributed by atoms with Crippen LogP contribution in [0, 0.1) is 0 Å². The number of hydrogen-bond donors (Lipinski definition) is 3. The summed E-state index contributed by atoms with van der Waals surface area (Å²) >= 11 is 6.02. The Morgan fingerprint density at radius 1 is 0.909 bits per heavy atom. The summed E-state index contributed by atoms with van der Waals surface area (Å²) in [4.78, 5) is 11.9. The van der Waals surface area contributed by atoms with Gasteiger partial charge in [0.05, 0.1) is 11.1 Å². The van der Waals surface area contributed by atoms with E-state index in [-0.39, 0.29) is 23.4 Å². The summed E-state index contributed by atoms with van der Waals surface area (Å²) in [6.45, 7) is 0.126. The highest BCUT2D eigenvalue weighted by Gasteiger charge is 2.37. The van der Waals surface area contributed by atoms with Crippen LogP contribution in [0.15, 0.2) is 47.8 Å². The maximum absolute atomic E-state index is 13.0. The molecule has 3 rings (SSSR count). The average Bonchev–Trinajstić information content (AvgIpc) is 3.27. The largest absolute Gasteiger partial charge is 0.416 e. The molecule has 0 saturated heterocycles. The second kappa shape index (κ2) is 9.70. The third-order valence-electron chi connectivity index (χ3n) is 4.10. The van der Waals surface area contributed by atoms with E-state index in [1.807, 2.05) is 0 Å². The number of amides is 1. The number of aromatic nitrogens is 2. The molecule has 14 heteroatoms. The van der Waals surface area contributed by atoms with E-state index in [4.69, 9.17) is 12.2 Å². The molecule has 0 radical (unpaired) electrons. The van der Waals surface area contributed by atoms with Crippen molar-refractivity contribution in [3.63, 3.8) is 0 Å². The Kier molecular flexibility index (Phi) is 7.17. The fourth-order valence-corrected chi connectivity index (χ4v) is 3.18. The van der Waals surface area contributed by atoms with Gasteiger partial charge < -0.3 is 16.0 Å². The third-order valence-corrected chi connectivity index (χ3v) is 4.85. The molecule has 0 spiro atoms. The van der Waals surface area contributed by atoms with Gasteiger partial charge in [0.1, 0.15) is 0 Å². The Balaban J connectivity index is 1.60. The monoisotopic (exact) mass is 505 g/mol. The van der Waals surface area contributed by atoms with Crippen LogP contribution in [0.4, 0.5) is 37.7 Å². The molecule has 2 aromatic carbocycles. The molecule has 0 aliphatic heterocycles. The van der Waals surface area contributed by atoms with Crippen molar-refractivity contribution in [3.8, 4) is 0 Å². The highest BCUT2D eigenvalue weighted by atomic mass is 32.1. The van der Waals surface area contributed by atoms with Crippen LogP contribution in [0.3, 0.4) is 0 Å². The molecule has 0 saturated carbocycles. The van der Waals surface area contributed by atoms with E-state index in [1.165, 1.54) is 5.38 Å². The zero-order chi connectivity index (χ0) is 24.2. The molecule has 3 aromatic rings. The number of nitrogens with zero attached hydrogens (tertiary/aromatic N) is 2. The molecule has 33 heavy (non-hydrogen) atoms. The molecule has 0 atom stereocenters. The van der Waals surface area contributed by atoms with Crippen LogP contribution >= 0.6 is 23.8 Å². The maximum atomic E-state index is 13.0. The highest BCUT2D eigenvalue weighted by molar-refractivity contribution is 7.80. The fourth-order valence-electron chi connectivity index (χ4n) is 2.55. The predicted molar refractivity (Wildman–Crippen MR) is 114 cm³/mol. The van der Waals surface area contributed by atoms with Crippen molar-refractivity contribution >= 4 is 46.1 Å². The summed E-state index contributed by atoms with van der Waals surface area (Å²) in [6.07, 6.45) is -9.92. The van der Waals surface area contributed by atoms with Crippen LogP contribution < -0.4 is 16.0 Å². The Morgan fingerprint density at radius 2 is 1.52 bits per heavy atom. The van der Waals surface area contributed by atoms with E-state index in [2.05, 4.69) is 25.5 Å². The van der Waals surface area contributed by atoms with Crippen LogP contribution in [0.5, 0.6) is 0 Å². The first-order valence-corrected chi connectivity index (χ1v) is 10.2. The number of alkyl halides is 6. The minimum absolute atomic E-state index is 0.0347. The summed E-state index contributed by atoms with van der Waals surface area (Å²) in [5.41, 5.74) is -2.01. The minimum Gasteiger partial charge on any atom is -0.358 e. The van der Waals surface area contributed by atoms with Crippen LogP contribution in [-0.4, -0.2) is 20.6 Å². The van der Waals surface area contributed by atoms with Crippen molar-refractivity contribution in [2.45, 2.75) is 18.9 Å². The van der Waals surface area contributed by atoms with Crippen LogP contribution in [0.2, 0.25) is 0 Å². The Bertz CT molecular complexity index is 1100. The van der Waals surface area contributed by atoms with E-state index in [1.54, 1.807) is 24.3 Å². The van der Waals surface area contributed by atoms with Gasteiger partial charge in [-0.1, -0.05) is 16.6 Å². The quantitative estimate of drug-likeness (QED) is 0.322. The molecule has 1 amide bonds. The molecule has 0 aliphatic rings. The summed E-state index contributed by atoms with van der Waals surface area (Å²) in [7, 11) is 0. The molecule has 0 bridgehead atoms. The van der Waals surface area contributed by atoms with E-state index in [0.29, 0.717) is 23.4 Å². The number of thiocarbonyl (C=S) groups is 1. The van der Waals surface area contributed by atoms with Crippen LogP contribution in [-0.2, 0) is 18.9 Å². The topological polar surface area (TPSA) is 78.9 Å². The molecule has 0 aliphatic carbocycles. The summed E-state index contributed by atoms with van der Waals surface area (Å²) in [5.74, 6) is -0.431. The van der Waals surface area contributed by atoms with Gasteiger partial charge in [0.15, 0.2) is 10.8 Å². The van der Waals surface area contributed by atoms with Gasteiger partial charge in [-0.15, -0.1) is 5.10 Å². The van der Waals surface area contributed by atoms with Crippen LogP contribution in [0.1, 0.15) is 27.2 Å². The van der Waals surface area contributed by atoms with Gasteiger partial charge >= 0.3 is 12.4 Å². The predicted octanol–water partition coefficient (Wildman–Crippen LogP) is 5.31. The molecular formula is C19H13F6N5OS2. The lowest BCUT2D eigenvalue weighted by Gasteiger charge is -2.16. The van der Waals surface area contributed by atoms with Crippen molar-refractivity contribution in [2.24, 2.45) is 0 Å². The third kappa shape index (κ3) is 6.86. The van der Waals surface area contributed by atoms with Crippen molar-refractivity contribution in [3.05, 3.63) is 70.2 Å².